The smallest absolute Gasteiger partial charge is 0.234 e. The highest BCUT2D eigenvalue weighted by atomic mass is 79.9. The highest BCUT2D eigenvalue weighted by Crippen LogP contribution is 2.56. The largest absolute Gasteiger partial charge is 0.502 e. The number of allylic oxidation sites excluding steroid dienone is 6. The SMILES string of the molecule is COc1cc([C@H]2C3=CC[C@@H]4C(=O)N(Cc5ccccc5)C(=O)[C@@H]4[C@@H]3CC3=C2C(=O)C=C(Br)C3=O)cc(OC)c1O. The number of ketones is 2. The first-order valence-corrected chi connectivity index (χ1v) is 13.8. The van der Waals surface area contributed by atoms with Gasteiger partial charge in [0.15, 0.2) is 23.1 Å². The van der Waals surface area contributed by atoms with Crippen LogP contribution in [-0.4, -0.2) is 47.6 Å². The minimum atomic E-state index is -0.683. The van der Waals surface area contributed by atoms with Crippen molar-refractivity contribution < 1.29 is 33.8 Å². The van der Waals surface area contributed by atoms with E-state index in [-0.39, 0.29) is 58.1 Å². The van der Waals surface area contributed by atoms with Crippen molar-refractivity contribution in [3.05, 3.63) is 86.9 Å². The first-order chi connectivity index (χ1) is 19.2. The van der Waals surface area contributed by atoms with Crippen LogP contribution in [0, 0.1) is 17.8 Å². The van der Waals surface area contributed by atoms with Crippen molar-refractivity contribution in [2.75, 3.05) is 14.2 Å². The fourth-order valence-corrected chi connectivity index (χ4v) is 7.10. The average molecular weight is 604 g/mol. The van der Waals surface area contributed by atoms with E-state index in [9.17, 15) is 24.3 Å². The van der Waals surface area contributed by atoms with Gasteiger partial charge in [-0.25, -0.2) is 0 Å². The van der Waals surface area contributed by atoms with Crippen molar-refractivity contribution in [2.24, 2.45) is 17.8 Å². The summed E-state index contributed by atoms with van der Waals surface area (Å²) in [6.07, 6.45) is 3.76. The van der Waals surface area contributed by atoms with E-state index in [0.29, 0.717) is 23.1 Å². The Hall–Kier alpha value is -3.98. The summed E-state index contributed by atoms with van der Waals surface area (Å²) in [7, 11) is 2.83. The first kappa shape index (κ1) is 26.3. The number of halogens is 1. The zero-order valence-electron chi connectivity index (χ0n) is 21.8. The van der Waals surface area contributed by atoms with Gasteiger partial charge in [-0.2, -0.15) is 0 Å². The number of hydrogen-bond donors (Lipinski definition) is 1. The number of ether oxygens (including phenoxy) is 2. The summed E-state index contributed by atoms with van der Waals surface area (Å²) in [5, 5.41) is 10.5. The summed E-state index contributed by atoms with van der Waals surface area (Å²) < 4.78 is 10.9. The van der Waals surface area contributed by atoms with E-state index < -0.39 is 23.7 Å². The molecule has 6 rings (SSSR count). The maximum absolute atomic E-state index is 13.9. The molecule has 0 aromatic heterocycles. The Morgan fingerprint density at radius 3 is 2.30 bits per heavy atom. The summed E-state index contributed by atoms with van der Waals surface area (Å²) in [6, 6.07) is 12.6. The van der Waals surface area contributed by atoms with Crippen LogP contribution in [-0.2, 0) is 25.7 Å². The number of likely N-dealkylation sites (tertiary alicyclic amines) is 1. The van der Waals surface area contributed by atoms with Gasteiger partial charge >= 0.3 is 0 Å². The molecule has 4 atom stereocenters. The molecule has 0 spiro atoms. The Morgan fingerprint density at radius 2 is 1.65 bits per heavy atom. The molecule has 204 valence electrons. The molecule has 1 N–H and O–H groups in total. The highest BCUT2D eigenvalue weighted by Gasteiger charge is 2.56. The summed E-state index contributed by atoms with van der Waals surface area (Å²) in [5.74, 6) is -3.30. The van der Waals surface area contributed by atoms with Crippen LogP contribution in [0.3, 0.4) is 0 Å². The van der Waals surface area contributed by atoms with Crippen molar-refractivity contribution in [1.82, 2.24) is 4.90 Å². The molecule has 9 heteroatoms. The van der Waals surface area contributed by atoms with Crippen LogP contribution < -0.4 is 9.47 Å². The van der Waals surface area contributed by atoms with E-state index in [0.717, 1.165) is 11.1 Å². The third-order valence-corrected chi connectivity index (χ3v) is 9.03. The van der Waals surface area contributed by atoms with E-state index in [1.54, 1.807) is 12.1 Å². The van der Waals surface area contributed by atoms with E-state index in [1.165, 1.54) is 25.2 Å². The normalized spacial score (nSPS) is 25.7. The predicted octanol–water partition coefficient (Wildman–Crippen LogP) is 4.37. The molecule has 1 heterocycles. The van der Waals surface area contributed by atoms with Crippen LogP contribution in [0.1, 0.15) is 29.9 Å². The second kappa shape index (κ2) is 9.89. The van der Waals surface area contributed by atoms with Crippen molar-refractivity contribution >= 4 is 39.3 Å². The molecular weight excluding hydrogens is 578 g/mol. The Balaban J connectivity index is 1.48. The number of aromatic hydroxyl groups is 1. The van der Waals surface area contributed by atoms with Gasteiger partial charge in [0, 0.05) is 23.1 Å². The number of Topliss-reactive ketones (excluding diaryl/α,β-unsaturated/α-hetero) is 1. The lowest BCUT2D eigenvalue weighted by Crippen LogP contribution is -2.39. The van der Waals surface area contributed by atoms with Gasteiger partial charge in [0.05, 0.1) is 37.1 Å². The monoisotopic (exact) mass is 603 g/mol. The summed E-state index contributed by atoms with van der Waals surface area (Å²) >= 11 is 3.24. The number of methoxy groups -OCH3 is 2. The number of amides is 2. The van der Waals surface area contributed by atoms with Crippen molar-refractivity contribution in [1.29, 1.82) is 0 Å². The molecule has 2 aromatic rings. The number of hydrogen-bond acceptors (Lipinski definition) is 7. The van der Waals surface area contributed by atoms with Gasteiger partial charge in [-0.05, 0) is 57.9 Å². The van der Waals surface area contributed by atoms with Crippen molar-refractivity contribution in [3.63, 3.8) is 0 Å². The van der Waals surface area contributed by atoms with Crippen LogP contribution in [0.5, 0.6) is 17.2 Å². The number of carbonyl (C=O) groups is 4. The average Bonchev–Trinajstić information content (AvgIpc) is 3.20. The second-order valence-electron chi connectivity index (χ2n) is 10.4. The zero-order chi connectivity index (χ0) is 28.3. The molecule has 0 saturated carbocycles. The van der Waals surface area contributed by atoms with E-state index in [2.05, 4.69) is 15.9 Å². The lowest BCUT2D eigenvalue weighted by Gasteiger charge is -2.42. The third kappa shape index (κ3) is 3.94. The molecule has 2 aromatic carbocycles. The number of benzene rings is 2. The van der Waals surface area contributed by atoms with E-state index in [4.69, 9.17) is 9.47 Å². The molecule has 1 saturated heterocycles. The van der Waals surface area contributed by atoms with Gasteiger partial charge in [0.1, 0.15) is 0 Å². The Labute approximate surface area is 239 Å². The maximum atomic E-state index is 13.9. The molecule has 40 heavy (non-hydrogen) atoms. The molecule has 2 amide bonds. The molecule has 0 radical (unpaired) electrons. The van der Waals surface area contributed by atoms with E-state index in [1.807, 2.05) is 36.4 Å². The molecular formula is C31H26BrNO7. The Bertz CT molecular complexity index is 1550. The molecule has 8 nitrogen and oxygen atoms in total. The summed E-state index contributed by atoms with van der Waals surface area (Å²) in [6.45, 7) is 0.184. The van der Waals surface area contributed by atoms with Gasteiger partial charge in [-0.15, -0.1) is 0 Å². The maximum Gasteiger partial charge on any atom is 0.234 e. The Kier molecular flexibility index (Phi) is 6.49. The van der Waals surface area contributed by atoms with Gasteiger partial charge in [-0.1, -0.05) is 42.0 Å². The lowest BCUT2D eigenvalue weighted by molar-refractivity contribution is -0.140. The van der Waals surface area contributed by atoms with Gasteiger partial charge < -0.3 is 14.6 Å². The lowest BCUT2D eigenvalue weighted by atomic mass is 9.59. The number of phenols is 1. The quantitative estimate of drug-likeness (QED) is 0.307. The van der Waals surface area contributed by atoms with Crippen LogP contribution in [0.15, 0.2) is 75.8 Å². The summed E-state index contributed by atoms with van der Waals surface area (Å²) in [4.78, 5) is 55.6. The second-order valence-corrected chi connectivity index (χ2v) is 11.3. The van der Waals surface area contributed by atoms with Crippen molar-refractivity contribution in [3.8, 4) is 17.2 Å². The number of carbonyl (C=O) groups excluding carboxylic acids is 4. The fourth-order valence-electron chi connectivity index (χ4n) is 6.65. The number of rotatable bonds is 5. The molecule has 1 aliphatic heterocycles. The zero-order valence-corrected chi connectivity index (χ0v) is 23.4. The number of phenolic OH excluding ortho intramolecular Hbond substituents is 1. The number of nitrogens with zero attached hydrogens (tertiary/aromatic N) is 1. The number of fused-ring (bicyclic) bond motifs is 3. The van der Waals surface area contributed by atoms with Gasteiger partial charge in [0.25, 0.3) is 0 Å². The third-order valence-electron chi connectivity index (χ3n) is 8.44. The predicted molar refractivity (Wildman–Crippen MR) is 148 cm³/mol. The van der Waals surface area contributed by atoms with Crippen LogP contribution >= 0.6 is 15.9 Å². The minimum absolute atomic E-state index is 0.153. The van der Waals surface area contributed by atoms with Crippen LogP contribution in [0.25, 0.3) is 0 Å². The molecule has 0 bridgehead atoms. The molecule has 1 fully saturated rings. The van der Waals surface area contributed by atoms with Crippen molar-refractivity contribution in [2.45, 2.75) is 25.3 Å². The minimum Gasteiger partial charge on any atom is -0.502 e. The topological polar surface area (TPSA) is 110 Å². The molecule has 4 aliphatic rings. The summed E-state index contributed by atoms with van der Waals surface area (Å²) in [5.41, 5.74) is 2.92. The van der Waals surface area contributed by atoms with Crippen LogP contribution in [0.2, 0.25) is 0 Å². The van der Waals surface area contributed by atoms with Gasteiger partial charge in [0.2, 0.25) is 17.6 Å². The van der Waals surface area contributed by atoms with Gasteiger partial charge in [-0.3, -0.25) is 24.1 Å². The fraction of sp³-hybridized carbons (Fsp3) is 0.290. The standard InChI is InChI=1S/C31H26BrNO7/c1-39-23-10-16(11-24(40-2)29(23)36)25-17-8-9-18-26(19(17)12-20-27(25)22(34)13-21(32)28(20)35)31(38)33(30(18)37)14-15-6-4-3-5-7-15/h3-8,10-11,13,18-19,25-26,36H,9,12,14H2,1-2H3/t18-,19+,25-,26-/m0/s1. The molecule has 3 aliphatic carbocycles. The number of imide groups is 1. The molecule has 0 unspecified atom stereocenters. The van der Waals surface area contributed by atoms with Crippen LogP contribution in [0.4, 0.5) is 0 Å². The van der Waals surface area contributed by atoms with E-state index >= 15 is 0 Å². The highest BCUT2D eigenvalue weighted by molar-refractivity contribution is 9.12. The Morgan fingerprint density at radius 1 is 0.975 bits per heavy atom. The first-order valence-electron chi connectivity index (χ1n) is 13.0.